The van der Waals surface area contributed by atoms with Gasteiger partial charge >= 0.3 is 0 Å². The average molecular weight is 310 g/mol. The van der Waals surface area contributed by atoms with Crippen LogP contribution in [0.5, 0.6) is 0 Å². The van der Waals surface area contributed by atoms with E-state index in [9.17, 15) is 0 Å². The molecule has 10 heteroatoms. The van der Waals surface area contributed by atoms with E-state index in [1.807, 2.05) is 0 Å². The van der Waals surface area contributed by atoms with Crippen LogP contribution in [0.25, 0.3) is 11.4 Å². The fourth-order valence-corrected chi connectivity index (χ4v) is 2.10. The topological polar surface area (TPSA) is 194 Å². The fourth-order valence-electron chi connectivity index (χ4n) is 2.10. The normalized spacial score (nSPS) is 11.3. The Labute approximate surface area is 133 Å². The van der Waals surface area contributed by atoms with Gasteiger partial charge in [0.2, 0.25) is 0 Å². The van der Waals surface area contributed by atoms with E-state index < -0.39 is 0 Å². The molecule has 1 aliphatic carbocycles. The van der Waals surface area contributed by atoms with Crippen molar-refractivity contribution in [3.8, 4) is 35.7 Å². The second kappa shape index (κ2) is 5.03. The number of aromatic nitrogens is 4. The van der Waals surface area contributed by atoms with Crippen LogP contribution in [0, 0.1) is 56.1 Å². The fraction of sp³-hybridized carbons (Fsp3) is 0. The van der Waals surface area contributed by atoms with Crippen molar-refractivity contribution in [3.63, 3.8) is 0 Å². The lowest BCUT2D eigenvalue weighted by Gasteiger charge is -2.18. The highest BCUT2D eigenvalue weighted by atomic mass is 14.9. The van der Waals surface area contributed by atoms with Crippen LogP contribution in [-0.4, -0.2) is 31.4 Å². The minimum atomic E-state index is -0.367. The van der Waals surface area contributed by atoms with Gasteiger partial charge in [0.15, 0.2) is 22.8 Å². The quantitative estimate of drug-likeness (QED) is 0.686. The van der Waals surface area contributed by atoms with Gasteiger partial charge < -0.3 is 0 Å². The summed E-state index contributed by atoms with van der Waals surface area (Å²) in [4.78, 5) is 15.8. The molecule has 0 aromatic carbocycles. The van der Waals surface area contributed by atoms with Crippen LogP contribution in [0.3, 0.4) is 0 Å². The van der Waals surface area contributed by atoms with E-state index in [1.54, 1.807) is 24.3 Å². The molecule has 2 aromatic heterocycles. The van der Waals surface area contributed by atoms with Crippen LogP contribution >= 0.6 is 0 Å². The molecule has 0 unspecified atom stereocenters. The zero-order chi connectivity index (χ0) is 17.4. The van der Waals surface area contributed by atoms with E-state index in [0.29, 0.717) is 0 Å². The van der Waals surface area contributed by atoms with Crippen molar-refractivity contribution in [2.24, 2.45) is 0 Å². The number of nitrogens with zero attached hydrogens (tertiary/aromatic N) is 8. The van der Waals surface area contributed by atoms with Gasteiger partial charge in [-0.05, 0) is 0 Å². The summed E-state index contributed by atoms with van der Waals surface area (Å²) in [5.41, 5.74) is -2.11. The minimum Gasteiger partial charge on any atom is -0.296 e. The van der Waals surface area contributed by atoms with Crippen molar-refractivity contribution in [2.75, 3.05) is 0 Å². The molecule has 0 saturated heterocycles. The Balaban J connectivity index is 2.46. The lowest BCUT2D eigenvalue weighted by molar-refractivity contribution is 1.05. The first-order chi connectivity index (χ1) is 11.5. The number of rotatable bonds is 0. The van der Waals surface area contributed by atoms with E-state index >= 15 is 0 Å². The van der Waals surface area contributed by atoms with Crippen molar-refractivity contribution in [3.05, 3.63) is 34.2 Å². The summed E-state index contributed by atoms with van der Waals surface area (Å²) in [5, 5.41) is 52.2. The van der Waals surface area contributed by atoms with Crippen LogP contribution < -0.4 is 0 Å². The van der Waals surface area contributed by atoms with Crippen molar-refractivity contribution in [1.82, 2.24) is 19.9 Å². The molecule has 3 rings (SSSR count). The standard InChI is InChI=1S/C14H2N10/c15-1-5-7(3-17)23-13-11(21-5)9(19)10(20)12-14(13)24-8(4-18)6(2-16)22-12/h19-20H. The van der Waals surface area contributed by atoms with Gasteiger partial charge in [-0.3, -0.25) is 10.8 Å². The zero-order valence-electron chi connectivity index (χ0n) is 11.6. The summed E-state index contributed by atoms with van der Waals surface area (Å²) in [6.45, 7) is 0. The molecule has 2 heterocycles. The first-order valence-corrected chi connectivity index (χ1v) is 6.18. The molecule has 24 heavy (non-hydrogen) atoms. The molecule has 0 saturated carbocycles. The Morgan fingerprint density at radius 2 is 0.750 bits per heavy atom. The van der Waals surface area contributed by atoms with Crippen molar-refractivity contribution in [2.45, 2.75) is 0 Å². The summed E-state index contributed by atoms with van der Waals surface area (Å²) in [7, 11) is 0. The first-order valence-electron chi connectivity index (χ1n) is 6.18. The molecule has 0 fully saturated rings. The molecule has 0 bridgehead atoms. The van der Waals surface area contributed by atoms with E-state index in [2.05, 4.69) is 19.9 Å². The summed E-state index contributed by atoms with van der Waals surface area (Å²) < 4.78 is 0. The molecule has 108 valence electrons. The number of hydrogen-bond donors (Lipinski definition) is 2. The van der Waals surface area contributed by atoms with Gasteiger partial charge in [-0.25, -0.2) is 19.9 Å². The van der Waals surface area contributed by atoms with Gasteiger partial charge in [0.05, 0.1) is 0 Å². The molecular formula is C14H2N10. The maximum atomic E-state index is 9.07. The predicted molar refractivity (Wildman–Crippen MR) is 75.6 cm³/mol. The largest absolute Gasteiger partial charge is 0.296 e. The Kier molecular flexibility index (Phi) is 3.02. The van der Waals surface area contributed by atoms with Crippen LogP contribution in [0.2, 0.25) is 0 Å². The Morgan fingerprint density at radius 1 is 0.500 bits per heavy atom. The monoisotopic (exact) mass is 310 g/mol. The first kappa shape index (κ1) is 14.4. The molecule has 0 aliphatic heterocycles. The second-order valence-electron chi connectivity index (χ2n) is 4.43. The van der Waals surface area contributed by atoms with Gasteiger partial charge in [-0.2, -0.15) is 21.0 Å². The molecule has 10 nitrogen and oxygen atoms in total. The average Bonchev–Trinajstić information content (AvgIpc) is 2.63. The third-order valence-electron chi connectivity index (χ3n) is 3.16. The molecule has 0 amide bonds. The maximum Gasteiger partial charge on any atom is 0.177 e. The zero-order valence-corrected chi connectivity index (χ0v) is 11.6. The lowest BCUT2D eigenvalue weighted by Crippen LogP contribution is -2.27. The van der Waals surface area contributed by atoms with E-state index in [4.69, 9.17) is 31.9 Å². The third-order valence-corrected chi connectivity index (χ3v) is 3.16. The van der Waals surface area contributed by atoms with E-state index in [1.165, 1.54) is 0 Å². The molecule has 2 N–H and O–H groups in total. The third kappa shape index (κ3) is 1.79. The molecule has 1 aliphatic rings. The van der Waals surface area contributed by atoms with Gasteiger partial charge in [-0.1, -0.05) is 0 Å². The number of nitriles is 4. The van der Waals surface area contributed by atoms with Gasteiger partial charge in [0.1, 0.15) is 58.5 Å². The predicted octanol–water partition coefficient (Wildman–Crippen LogP) is 0.170. The van der Waals surface area contributed by atoms with Crippen LogP contribution in [-0.2, 0) is 0 Å². The van der Waals surface area contributed by atoms with Gasteiger partial charge in [0, 0.05) is 0 Å². The maximum absolute atomic E-state index is 9.07. The summed E-state index contributed by atoms with van der Waals surface area (Å²) in [5.74, 6) is 0. The van der Waals surface area contributed by atoms with Crippen LogP contribution in [0.1, 0.15) is 34.2 Å². The highest BCUT2D eigenvalue weighted by Crippen LogP contribution is 2.29. The summed E-state index contributed by atoms with van der Waals surface area (Å²) in [6.07, 6.45) is 0. The lowest BCUT2D eigenvalue weighted by atomic mass is 9.95. The SMILES string of the molecule is N#Cc1nc2c(nc1C#N)-c1nc(C#N)c(C#N)nc1C(=N)C2=N. The highest BCUT2D eigenvalue weighted by molar-refractivity contribution is 6.53. The van der Waals surface area contributed by atoms with Crippen LogP contribution in [0.15, 0.2) is 0 Å². The number of fused-ring (bicyclic) bond motifs is 3. The summed E-state index contributed by atoms with van der Waals surface area (Å²) >= 11 is 0. The molecule has 2 aromatic rings. The molecule has 0 radical (unpaired) electrons. The van der Waals surface area contributed by atoms with Crippen molar-refractivity contribution >= 4 is 11.4 Å². The van der Waals surface area contributed by atoms with Crippen LogP contribution in [0.4, 0.5) is 0 Å². The smallest absolute Gasteiger partial charge is 0.177 e. The number of nitrogens with one attached hydrogen (secondary N) is 2. The Morgan fingerprint density at radius 3 is 1.00 bits per heavy atom. The Bertz CT molecular complexity index is 1040. The molecule has 0 spiro atoms. The molecular weight excluding hydrogens is 308 g/mol. The van der Waals surface area contributed by atoms with Gasteiger partial charge in [-0.15, -0.1) is 0 Å². The highest BCUT2D eigenvalue weighted by Gasteiger charge is 2.33. The second-order valence-corrected chi connectivity index (χ2v) is 4.43. The van der Waals surface area contributed by atoms with Crippen molar-refractivity contribution in [1.29, 1.82) is 31.9 Å². The van der Waals surface area contributed by atoms with Gasteiger partial charge in [0.25, 0.3) is 0 Å². The minimum absolute atomic E-state index is 0.0324. The van der Waals surface area contributed by atoms with E-state index in [-0.39, 0.29) is 57.0 Å². The molecule has 0 atom stereocenters. The number of hydrogen-bond acceptors (Lipinski definition) is 10. The van der Waals surface area contributed by atoms with E-state index in [0.717, 1.165) is 0 Å². The van der Waals surface area contributed by atoms with Crippen molar-refractivity contribution < 1.29 is 0 Å². The Hall–Kier alpha value is -4.54. The summed E-state index contributed by atoms with van der Waals surface area (Å²) in [6, 6.07) is 6.84.